The molecule has 0 radical (unpaired) electrons. The predicted octanol–water partition coefficient (Wildman–Crippen LogP) is 3.15. The third kappa shape index (κ3) is 3.61. The van der Waals surface area contributed by atoms with Crippen LogP contribution in [-0.2, 0) is 6.54 Å². The summed E-state index contributed by atoms with van der Waals surface area (Å²) in [5.41, 5.74) is 2.44. The van der Waals surface area contributed by atoms with Gasteiger partial charge < -0.3 is 14.8 Å². The number of amides is 2. The Balaban J connectivity index is 1.73. The number of imidazole rings is 1. The minimum atomic E-state index is 0.0328. The van der Waals surface area contributed by atoms with E-state index in [1.54, 1.807) is 0 Å². The number of nitrogens with zero attached hydrogens (tertiary/aromatic N) is 3. The number of nitrogens with one attached hydrogen (secondary N) is 1. The van der Waals surface area contributed by atoms with Gasteiger partial charge in [0.25, 0.3) is 0 Å². The van der Waals surface area contributed by atoms with Gasteiger partial charge in [0.1, 0.15) is 5.82 Å². The Labute approximate surface area is 143 Å². The molecule has 1 fully saturated rings. The van der Waals surface area contributed by atoms with E-state index in [-0.39, 0.29) is 12.1 Å². The SMILES string of the molecule is Cc1cnc([C@H]2CCN(C(=O)NC(C)C)C2)n1Cc1ccccc1. The molecule has 1 saturated heterocycles. The molecule has 1 N–H and O–H groups in total. The van der Waals surface area contributed by atoms with Gasteiger partial charge in [-0.05, 0) is 32.8 Å². The van der Waals surface area contributed by atoms with Crippen LogP contribution in [0.3, 0.4) is 0 Å². The summed E-state index contributed by atoms with van der Waals surface area (Å²) in [5, 5.41) is 2.98. The highest BCUT2D eigenvalue weighted by atomic mass is 16.2. The summed E-state index contributed by atoms with van der Waals surface area (Å²) in [5.74, 6) is 1.40. The first-order valence-electron chi connectivity index (χ1n) is 8.66. The molecule has 24 heavy (non-hydrogen) atoms. The van der Waals surface area contributed by atoms with E-state index in [9.17, 15) is 4.79 Å². The third-order valence-corrected chi connectivity index (χ3v) is 4.52. The summed E-state index contributed by atoms with van der Waals surface area (Å²) in [6.45, 7) is 8.43. The first kappa shape index (κ1) is 16.6. The Hall–Kier alpha value is -2.30. The van der Waals surface area contributed by atoms with Gasteiger partial charge >= 0.3 is 6.03 Å². The lowest BCUT2D eigenvalue weighted by atomic mass is 10.1. The van der Waals surface area contributed by atoms with Crippen LogP contribution >= 0.6 is 0 Å². The fraction of sp³-hybridized carbons (Fsp3) is 0.474. The van der Waals surface area contributed by atoms with Gasteiger partial charge in [0.2, 0.25) is 0 Å². The average molecular weight is 326 g/mol. The molecule has 128 valence electrons. The second kappa shape index (κ2) is 7.07. The molecule has 0 unspecified atom stereocenters. The maximum atomic E-state index is 12.2. The summed E-state index contributed by atoms with van der Waals surface area (Å²) >= 11 is 0. The molecule has 1 aromatic heterocycles. The quantitative estimate of drug-likeness (QED) is 0.938. The van der Waals surface area contributed by atoms with Crippen LogP contribution in [0.25, 0.3) is 0 Å². The van der Waals surface area contributed by atoms with Gasteiger partial charge in [0.15, 0.2) is 0 Å². The van der Waals surface area contributed by atoms with Crippen LogP contribution in [0.4, 0.5) is 4.79 Å². The van der Waals surface area contributed by atoms with Crippen molar-refractivity contribution in [1.82, 2.24) is 19.8 Å². The molecular weight excluding hydrogens is 300 g/mol. The van der Waals surface area contributed by atoms with Crippen LogP contribution in [0, 0.1) is 6.92 Å². The third-order valence-electron chi connectivity index (χ3n) is 4.52. The Bertz CT molecular complexity index is 693. The Morgan fingerprint density at radius 2 is 2.08 bits per heavy atom. The van der Waals surface area contributed by atoms with Gasteiger partial charge in [-0.25, -0.2) is 9.78 Å². The van der Waals surface area contributed by atoms with Crippen molar-refractivity contribution in [3.8, 4) is 0 Å². The van der Waals surface area contributed by atoms with E-state index in [0.717, 1.165) is 31.9 Å². The van der Waals surface area contributed by atoms with Crippen LogP contribution in [-0.4, -0.2) is 39.6 Å². The number of rotatable bonds is 4. The number of aryl methyl sites for hydroxylation is 1. The van der Waals surface area contributed by atoms with Crippen molar-refractivity contribution < 1.29 is 4.79 Å². The molecule has 0 saturated carbocycles. The van der Waals surface area contributed by atoms with Crippen LogP contribution in [0.2, 0.25) is 0 Å². The fourth-order valence-corrected chi connectivity index (χ4v) is 3.27. The van der Waals surface area contributed by atoms with Crippen molar-refractivity contribution in [1.29, 1.82) is 0 Å². The topological polar surface area (TPSA) is 50.2 Å². The van der Waals surface area contributed by atoms with E-state index in [2.05, 4.69) is 46.1 Å². The maximum absolute atomic E-state index is 12.2. The minimum absolute atomic E-state index is 0.0328. The number of likely N-dealkylation sites (tertiary alicyclic amines) is 1. The zero-order chi connectivity index (χ0) is 17.1. The highest BCUT2D eigenvalue weighted by molar-refractivity contribution is 5.74. The standard InChI is InChI=1S/C19H26N4O/c1-14(2)21-19(24)22-10-9-17(13-22)18-20-11-15(3)23(18)12-16-7-5-4-6-8-16/h4-8,11,14,17H,9-10,12-13H2,1-3H3,(H,21,24)/t17-/m0/s1. The molecule has 0 aliphatic carbocycles. The number of urea groups is 1. The normalized spacial score (nSPS) is 17.5. The molecule has 1 aliphatic rings. The molecule has 1 atom stereocenters. The summed E-state index contributed by atoms with van der Waals surface area (Å²) in [6, 6.07) is 10.6. The Morgan fingerprint density at radius 1 is 1.33 bits per heavy atom. The highest BCUT2D eigenvalue weighted by Crippen LogP contribution is 2.27. The monoisotopic (exact) mass is 326 g/mol. The van der Waals surface area contributed by atoms with Crippen LogP contribution < -0.4 is 5.32 Å². The number of hydrogen-bond donors (Lipinski definition) is 1. The number of carbonyl (C=O) groups is 1. The van der Waals surface area contributed by atoms with Gasteiger partial charge in [0, 0.05) is 43.5 Å². The zero-order valence-corrected chi connectivity index (χ0v) is 14.7. The number of benzene rings is 1. The predicted molar refractivity (Wildman–Crippen MR) is 95.1 cm³/mol. The number of aromatic nitrogens is 2. The molecule has 5 nitrogen and oxygen atoms in total. The van der Waals surface area contributed by atoms with Crippen molar-refractivity contribution in [2.45, 2.75) is 45.7 Å². The largest absolute Gasteiger partial charge is 0.336 e. The Morgan fingerprint density at radius 3 is 2.79 bits per heavy atom. The second-order valence-electron chi connectivity index (χ2n) is 6.87. The van der Waals surface area contributed by atoms with Crippen LogP contribution in [0.5, 0.6) is 0 Å². The lowest BCUT2D eigenvalue weighted by Crippen LogP contribution is -2.41. The van der Waals surface area contributed by atoms with E-state index in [1.807, 2.05) is 31.0 Å². The van der Waals surface area contributed by atoms with Crippen molar-refractivity contribution >= 4 is 6.03 Å². The lowest BCUT2D eigenvalue weighted by molar-refractivity contribution is 0.205. The summed E-state index contributed by atoms with van der Waals surface area (Å²) in [6.07, 6.45) is 2.91. The molecular formula is C19H26N4O. The number of hydrogen-bond acceptors (Lipinski definition) is 2. The first-order chi connectivity index (χ1) is 11.5. The maximum Gasteiger partial charge on any atom is 0.317 e. The van der Waals surface area contributed by atoms with Gasteiger partial charge in [-0.1, -0.05) is 30.3 Å². The van der Waals surface area contributed by atoms with Gasteiger partial charge in [-0.2, -0.15) is 0 Å². The minimum Gasteiger partial charge on any atom is -0.336 e. The zero-order valence-electron chi connectivity index (χ0n) is 14.7. The molecule has 0 bridgehead atoms. The first-order valence-corrected chi connectivity index (χ1v) is 8.66. The molecule has 0 spiro atoms. The van der Waals surface area contributed by atoms with Crippen LogP contribution in [0.1, 0.15) is 43.3 Å². The van der Waals surface area contributed by atoms with Crippen molar-refractivity contribution in [3.63, 3.8) is 0 Å². The van der Waals surface area contributed by atoms with E-state index in [1.165, 1.54) is 11.3 Å². The van der Waals surface area contributed by atoms with E-state index in [4.69, 9.17) is 0 Å². The molecule has 2 heterocycles. The van der Waals surface area contributed by atoms with Crippen molar-refractivity contribution in [2.24, 2.45) is 0 Å². The molecule has 2 amide bonds. The van der Waals surface area contributed by atoms with Crippen LogP contribution in [0.15, 0.2) is 36.5 Å². The summed E-state index contributed by atoms with van der Waals surface area (Å²) in [7, 11) is 0. The molecule has 2 aromatic rings. The Kier molecular flexibility index (Phi) is 4.88. The highest BCUT2D eigenvalue weighted by Gasteiger charge is 2.30. The second-order valence-corrected chi connectivity index (χ2v) is 6.87. The van der Waals surface area contributed by atoms with Gasteiger partial charge in [-0.15, -0.1) is 0 Å². The van der Waals surface area contributed by atoms with Gasteiger partial charge in [-0.3, -0.25) is 0 Å². The smallest absolute Gasteiger partial charge is 0.317 e. The van der Waals surface area contributed by atoms with Crippen molar-refractivity contribution in [2.75, 3.05) is 13.1 Å². The van der Waals surface area contributed by atoms with Gasteiger partial charge in [0.05, 0.1) is 0 Å². The lowest BCUT2D eigenvalue weighted by Gasteiger charge is -2.19. The molecule has 1 aromatic carbocycles. The van der Waals surface area contributed by atoms with E-state index >= 15 is 0 Å². The molecule has 1 aliphatic heterocycles. The molecule has 3 rings (SSSR count). The summed E-state index contributed by atoms with van der Waals surface area (Å²) < 4.78 is 2.28. The summed E-state index contributed by atoms with van der Waals surface area (Å²) in [4.78, 5) is 18.8. The fourth-order valence-electron chi connectivity index (χ4n) is 3.27. The average Bonchev–Trinajstić information content (AvgIpc) is 3.16. The van der Waals surface area contributed by atoms with Crippen molar-refractivity contribution in [3.05, 3.63) is 53.6 Å². The van der Waals surface area contributed by atoms with E-state index in [0.29, 0.717) is 5.92 Å². The van der Waals surface area contributed by atoms with E-state index < -0.39 is 0 Å². The number of carbonyl (C=O) groups excluding carboxylic acids is 1. The molecule has 5 heteroatoms.